The molecule has 6 nitrogen and oxygen atoms in total. The predicted molar refractivity (Wildman–Crippen MR) is 141 cm³/mol. The molecule has 3 aliphatic rings. The maximum absolute atomic E-state index is 13.6. The Morgan fingerprint density at radius 3 is 2.63 bits per heavy atom. The van der Waals surface area contributed by atoms with Crippen LogP contribution in [0.5, 0.6) is 0 Å². The summed E-state index contributed by atoms with van der Waals surface area (Å²) in [6.45, 7) is 8.01. The molecule has 0 aromatic heterocycles. The van der Waals surface area contributed by atoms with Crippen LogP contribution >= 0.6 is 11.8 Å². The minimum atomic E-state index is -0.261. The Hall–Kier alpha value is -2.28. The number of amides is 4. The Morgan fingerprint density at radius 2 is 1.89 bits per heavy atom. The number of unbranched alkanes of at least 4 members (excludes halogenated alkanes) is 2. The lowest BCUT2D eigenvalue weighted by atomic mass is 9.81. The van der Waals surface area contributed by atoms with E-state index in [2.05, 4.69) is 44.3 Å². The van der Waals surface area contributed by atoms with Crippen molar-refractivity contribution in [3.63, 3.8) is 0 Å². The zero-order valence-electron chi connectivity index (χ0n) is 21.3. The molecule has 7 heteroatoms. The van der Waals surface area contributed by atoms with Gasteiger partial charge in [0.05, 0.1) is 6.04 Å². The molecule has 1 aliphatic carbocycles. The smallest absolute Gasteiger partial charge is 0.327 e. The Morgan fingerprint density at radius 1 is 1.11 bits per heavy atom. The molecule has 2 fully saturated rings. The van der Waals surface area contributed by atoms with Crippen molar-refractivity contribution in [3.8, 4) is 0 Å². The zero-order valence-corrected chi connectivity index (χ0v) is 22.1. The second-order valence-electron chi connectivity index (χ2n) is 10.4. The van der Waals surface area contributed by atoms with Crippen LogP contribution in [-0.2, 0) is 16.1 Å². The summed E-state index contributed by atoms with van der Waals surface area (Å²) in [7, 11) is 0. The third-order valence-corrected chi connectivity index (χ3v) is 8.83. The summed E-state index contributed by atoms with van der Waals surface area (Å²) in [5, 5.41) is 4.79. The number of nitrogens with zero attached hydrogens (tertiary/aromatic N) is 2. The minimum Gasteiger partial charge on any atom is -0.356 e. The van der Waals surface area contributed by atoms with Crippen molar-refractivity contribution in [1.29, 1.82) is 0 Å². The first kappa shape index (κ1) is 25.8. The number of hydrogen-bond acceptors (Lipinski definition) is 4. The van der Waals surface area contributed by atoms with Crippen LogP contribution in [0, 0.1) is 25.7 Å². The fourth-order valence-electron chi connectivity index (χ4n) is 5.49. The molecule has 2 atom stereocenters. The predicted octanol–water partition coefficient (Wildman–Crippen LogP) is 5.18. The molecule has 0 radical (unpaired) electrons. The second kappa shape index (κ2) is 11.6. The number of carbonyl (C=O) groups excluding carboxylic acids is 3. The van der Waals surface area contributed by atoms with E-state index in [0.29, 0.717) is 13.1 Å². The van der Waals surface area contributed by atoms with E-state index in [9.17, 15) is 14.4 Å². The quantitative estimate of drug-likeness (QED) is 0.478. The first-order valence-corrected chi connectivity index (χ1v) is 14.1. The van der Waals surface area contributed by atoms with Gasteiger partial charge in [0.15, 0.2) is 0 Å². The lowest BCUT2D eigenvalue weighted by Crippen LogP contribution is -2.62. The topological polar surface area (TPSA) is 69.7 Å². The molecule has 1 aromatic rings. The number of carbonyl (C=O) groups is 3. The molecular weight excluding hydrogens is 458 g/mol. The highest BCUT2D eigenvalue weighted by Crippen LogP contribution is 2.37. The normalized spacial score (nSPS) is 26.3. The first-order valence-electron chi connectivity index (χ1n) is 13.2. The van der Waals surface area contributed by atoms with Gasteiger partial charge in [0.1, 0.15) is 5.25 Å². The van der Waals surface area contributed by atoms with Gasteiger partial charge in [0.25, 0.3) is 0 Å². The zero-order chi connectivity index (χ0) is 24.9. The fraction of sp³-hybridized carbons (Fsp3) is 0.607. The highest BCUT2D eigenvalue weighted by Gasteiger charge is 2.47. The Balaban J connectivity index is 1.38. The van der Waals surface area contributed by atoms with Gasteiger partial charge in [-0.2, -0.15) is 0 Å². The van der Waals surface area contributed by atoms with E-state index in [1.165, 1.54) is 22.2 Å². The summed E-state index contributed by atoms with van der Waals surface area (Å²) < 4.78 is 0. The van der Waals surface area contributed by atoms with Crippen LogP contribution in [0.4, 0.5) is 4.79 Å². The van der Waals surface area contributed by atoms with Gasteiger partial charge in [-0.1, -0.05) is 49.6 Å². The van der Waals surface area contributed by atoms with Crippen molar-refractivity contribution in [2.75, 3.05) is 13.1 Å². The van der Waals surface area contributed by atoms with Crippen LogP contribution in [0.3, 0.4) is 0 Å². The van der Waals surface area contributed by atoms with Gasteiger partial charge in [-0.25, -0.2) is 4.79 Å². The number of fused-ring (bicyclic) bond motifs is 1. The van der Waals surface area contributed by atoms with Crippen molar-refractivity contribution in [3.05, 3.63) is 46.4 Å². The van der Waals surface area contributed by atoms with Gasteiger partial charge >= 0.3 is 6.03 Å². The lowest BCUT2D eigenvalue weighted by molar-refractivity contribution is -0.132. The Labute approximate surface area is 213 Å². The van der Waals surface area contributed by atoms with Crippen LogP contribution in [0.1, 0.15) is 68.6 Å². The molecule has 4 amide bonds. The summed E-state index contributed by atoms with van der Waals surface area (Å²) in [5.74, 6) is 0.412. The van der Waals surface area contributed by atoms with Crippen LogP contribution in [0.15, 0.2) is 29.7 Å². The van der Waals surface area contributed by atoms with Gasteiger partial charge in [0.2, 0.25) is 11.8 Å². The molecule has 2 aliphatic heterocycles. The molecule has 0 spiro atoms. The van der Waals surface area contributed by atoms with E-state index in [0.717, 1.165) is 62.6 Å². The summed E-state index contributed by atoms with van der Waals surface area (Å²) >= 11 is 1.52. The SMILES string of the molecule is CCCCCNC(=O)C1CCC(CN2C(=O)C3SC=CC3N(Cc3cc(C)ccc3C)C2=O)CC1. The van der Waals surface area contributed by atoms with E-state index in [1.807, 2.05) is 16.4 Å². The number of urea groups is 1. The molecule has 190 valence electrons. The molecule has 2 unspecified atom stereocenters. The Kier molecular flexibility index (Phi) is 8.58. The highest BCUT2D eigenvalue weighted by atomic mass is 32.2. The number of nitrogens with one attached hydrogen (secondary N) is 1. The summed E-state index contributed by atoms with van der Waals surface area (Å²) in [6.07, 6.45) is 8.72. The van der Waals surface area contributed by atoms with E-state index < -0.39 is 0 Å². The van der Waals surface area contributed by atoms with Crippen molar-refractivity contribution in [2.24, 2.45) is 11.8 Å². The number of benzene rings is 1. The maximum Gasteiger partial charge on any atom is 0.327 e. The van der Waals surface area contributed by atoms with Crippen molar-refractivity contribution >= 4 is 29.6 Å². The van der Waals surface area contributed by atoms with Gasteiger partial charge in [-0.3, -0.25) is 14.5 Å². The van der Waals surface area contributed by atoms with Crippen LogP contribution in [-0.4, -0.2) is 52.0 Å². The molecule has 35 heavy (non-hydrogen) atoms. The summed E-state index contributed by atoms with van der Waals surface area (Å²) in [5.41, 5.74) is 3.45. The summed E-state index contributed by atoms with van der Waals surface area (Å²) in [4.78, 5) is 42.8. The highest BCUT2D eigenvalue weighted by molar-refractivity contribution is 8.03. The van der Waals surface area contributed by atoms with Gasteiger partial charge in [-0.05, 0) is 68.4 Å². The van der Waals surface area contributed by atoms with Crippen molar-refractivity contribution in [2.45, 2.75) is 83.6 Å². The minimum absolute atomic E-state index is 0.0559. The maximum atomic E-state index is 13.6. The number of thioether (sulfide) groups is 1. The van der Waals surface area contributed by atoms with Gasteiger partial charge < -0.3 is 10.2 Å². The first-order chi connectivity index (χ1) is 16.9. The molecule has 4 rings (SSSR count). The lowest BCUT2D eigenvalue weighted by Gasteiger charge is -2.43. The molecule has 0 bridgehead atoms. The van der Waals surface area contributed by atoms with Gasteiger partial charge in [-0.15, -0.1) is 11.8 Å². The van der Waals surface area contributed by atoms with Crippen LogP contribution in [0.25, 0.3) is 0 Å². The molecule has 1 saturated carbocycles. The monoisotopic (exact) mass is 497 g/mol. The average molecular weight is 498 g/mol. The molecule has 2 heterocycles. The molecule has 1 N–H and O–H groups in total. The van der Waals surface area contributed by atoms with E-state index in [1.54, 1.807) is 0 Å². The van der Waals surface area contributed by atoms with Crippen molar-refractivity contribution < 1.29 is 14.4 Å². The third-order valence-electron chi connectivity index (χ3n) is 7.74. The largest absolute Gasteiger partial charge is 0.356 e. The Bertz CT molecular complexity index is 970. The number of imide groups is 1. The summed E-state index contributed by atoms with van der Waals surface area (Å²) in [6, 6.07) is 5.95. The number of aryl methyl sites for hydroxylation is 2. The van der Waals surface area contributed by atoms with E-state index in [4.69, 9.17) is 0 Å². The van der Waals surface area contributed by atoms with E-state index >= 15 is 0 Å². The molecular formula is C28H39N3O3S. The standard InChI is InChI=1S/C28H39N3O3S/c1-4-5-6-14-29-26(32)22-11-9-21(10-12-22)17-31-27(33)25-24(13-15-35-25)30(28(31)34)18-23-16-19(2)7-8-20(23)3/h7-8,13,15-16,21-22,24-25H,4-6,9-12,14,17-18H2,1-3H3,(H,29,32). The average Bonchev–Trinajstić information content (AvgIpc) is 3.34. The number of rotatable bonds is 9. The number of hydrogen-bond donors (Lipinski definition) is 1. The van der Waals surface area contributed by atoms with E-state index in [-0.39, 0.29) is 41.0 Å². The molecule has 1 aromatic carbocycles. The van der Waals surface area contributed by atoms with Gasteiger partial charge in [0, 0.05) is 25.6 Å². The van der Waals surface area contributed by atoms with Crippen LogP contribution in [0.2, 0.25) is 0 Å². The van der Waals surface area contributed by atoms with Crippen molar-refractivity contribution in [1.82, 2.24) is 15.1 Å². The second-order valence-corrected chi connectivity index (χ2v) is 11.4. The third kappa shape index (κ3) is 5.93. The van der Waals surface area contributed by atoms with Crippen LogP contribution < -0.4 is 5.32 Å². The molecule has 1 saturated heterocycles. The fourth-order valence-corrected chi connectivity index (χ4v) is 6.55.